The number of rotatable bonds is 3. The number of methoxy groups -OCH3 is 1. The number of carboxylic acids is 1. The van der Waals surface area contributed by atoms with Crippen LogP contribution in [0.4, 0.5) is 4.39 Å². The summed E-state index contributed by atoms with van der Waals surface area (Å²) in [7, 11) is 1.37. The van der Waals surface area contributed by atoms with Crippen LogP contribution in [0.5, 0.6) is 5.75 Å². The van der Waals surface area contributed by atoms with E-state index in [2.05, 4.69) is 15.9 Å². The van der Waals surface area contributed by atoms with Crippen molar-refractivity contribution in [1.29, 1.82) is 0 Å². The van der Waals surface area contributed by atoms with E-state index < -0.39 is 17.2 Å². The molecule has 2 rings (SSSR count). The molecule has 0 aliphatic heterocycles. The Labute approximate surface area is 113 Å². The molecule has 98 valence electrons. The molecule has 3 nitrogen and oxygen atoms in total. The van der Waals surface area contributed by atoms with Crippen molar-refractivity contribution in [3.63, 3.8) is 0 Å². The molecule has 0 unspecified atom stereocenters. The van der Waals surface area contributed by atoms with Crippen molar-refractivity contribution in [2.75, 3.05) is 7.11 Å². The van der Waals surface area contributed by atoms with Gasteiger partial charge in [0, 0.05) is 10.0 Å². The molecule has 0 amide bonds. The molecule has 0 radical (unpaired) electrons. The van der Waals surface area contributed by atoms with Crippen LogP contribution in [0.25, 0.3) is 0 Å². The smallest absolute Gasteiger partial charge is 0.314 e. The van der Waals surface area contributed by atoms with Crippen LogP contribution in [0.15, 0.2) is 16.6 Å². The highest BCUT2D eigenvalue weighted by Gasteiger charge is 2.45. The molecule has 0 bridgehead atoms. The highest BCUT2D eigenvalue weighted by molar-refractivity contribution is 9.10. The lowest BCUT2D eigenvalue weighted by Gasteiger charge is -2.25. The van der Waals surface area contributed by atoms with Crippen molar-refractivity contribution in [2.24, 2.45) is 0 Å². The zero-order valence-corrected chi connectivity index (χ0v) is 11.6. The molecule has 1 fully saturated rings. The molecular formula is C13H14BrFO3. The van der Waals surface area contributed by atoms with Gasteiger partial charge in [-0.2, -0.15) is 0 Å². The zero-order valence-electron chi connectivity index (χ0n) is 10.0. The summed E-state index contributed by atoms with van der Waals surface area (Å²) in [5, 5.41) is 9.47. The largest absolute Gasteiger partial charge is 0.494 e. The Morgan fingerprint density at radius 3 is 2.56 bits per heavy atom. The van der Waals surface area contributed by atoms with Crippen LogP contribution in [0.1, 0.15) is 31.2 Å². The third-order valence-corrected chi connectivity index (χ3v) is 4.06. The first kappa shape index (κ1) is 13.3. The first-order valence-corrected chi connectivity index (χ1v) is 6.57. The van der Waals surface area contributed by atoms with Gasteiger partial charge in [0.25, 0.3) is 0 Å². The number of hydrogen-bond acceptors (Lipinski definition) is 2. The predicted molar refractivity (Wildman–Crippen MR) is 68.4 cm³/mol. The lowest BCUT2D eigenvalue weighted by Crippen LogP contribution is -2.33. The van der Waals surface area contributed by atoms with Gasteiger partial charge in [-0.15, -0.1) is 0 Å². The van der Waals surface area contributed by atoms with Gasteiger partial charge < -0.3 is 9.84 Å². The fourth-order valence-corrected chi connectivity index (χ4v) is 3.07. The first-order valence-electron chi connectivity index (χ1n) is 5.78. The minimum absolute atomic E-state index is 0.0758. The van der Waals surface area contributed by atoms with Gasteiger partial charge in [-0.25, -0.2) is 4.39 Å². The molecule has 0 saturated heterocycles. The number of hydrogen-bond donors (Lipinski definition) is 1. The van der Waals surface area contributed by atoms with E-state index >= 15 is 0 Å². The Hall–Kier alpha value is -1.10. The second kappa shape index (κ2) is 4.88. The van der Waals surface area contributed by atoms with E-state index in [-0.39, 0.29) is 11.3 Å². The molecule has 1 N–H and O–H groups in total. The van der Waals surface area contributed by atoms with Gasteiger partial charge >= 0.3 is 5.97 Å². The quantitative estimate of drug-likeness (QED) is 0.928. The molecule has 1 aromatic carbocycles. The summed E-state index contributed by atoms with van der Waals surface area (Å²) in [6.45, 7) is 0. The Morgan fingerprint density at radius 1 is 1.44 bits per heavy atom. The van der Waals surface area contributed by atoms with Gasteiger partial charge in [0.1, 0.15) is 0 Å². The highest BCUT2D eigenvalue weighted by Crippen LogP contribution is 2.44. The second-order valence-corrected chi connectivity index (χ2v) is 5.48. The number of benzene rings is 1. The van der Waals surface area contributed by atoms with Crippen LogP contribution >= 0.6 is 15.9 Å². The fourth-order valence-electron chi connectivity index (χ4n) is 2.64. The molecule has 0 heterocycles. The molecule has 18 heavy (non-hydrogen) atoms. The lowest BCUT2D eigenvalue weighted by molar-refractivity contribution is -0.143. The first-order chi connectivity index (χ1) is 8.51. The van der Waals surface area contributed by atoms with Gasteiger partial charge in [-0.3, -0.25) is 4.79 Å². The van der Waals surface area contributed by atoms with Gasteiger partial charge in [0.2, 0.25) is 0 Å². The maximum atomic E-state index is 14.3. The fraction of sp³-hybridized carbons (Fsp3) is 0.462. The maximum absolute atomic E-state index is 14.3. The van der Waals surface area contributed by atoms with Crippen molar-refractivity contribution < 1.29 is 19.0 Å². The normalized spacial score (nSPS) is 17.7. The van der Waals surface area contributed by atoms with Crippen LogP contribution in [-0.2, 0) is 10.2 Å². The van der Waals surface area contributed by atoms with Crippen molar-refractivity contribution in [3.8, 4) is 5.75 Å². The number of halogens is 2. The lowest BCUT2D eigenvalue weighted by atomic mass is 9.78. The van der Waals surface area contributed by atoms with E-state index in [0.717, 1.165) is 12.8 Å². The van der Waals surface area contributed by atoms with E-state index in [1.54, 1.807) is 6.07 Å². The average molecular weight is 317 g/mol. The van der Waals surface area contributed by atoms with E-state index in [1.165, 1.54) is 13.2 Å². The van der Waals surface area contributed by atoms with Crippen LogP contribution in [0.2, 0.25) is 0 Å². The van der Waals surface area contributed by atoms with Crippen LogP contribution in [-0.4, -0.2) is 18.2 Å². The summed E-state index contributed by atoms with van der Waals surface area (Å²) in [5.74, 6) is -1.45. The van der Waals surface area contributed by atoms with Crippen LogP contribution in [0.3, 0.4) is 0 Å². The van der Waals surface area contributed by atoms with Gasteiger partial charge in [-0.1, -0.05) is 28.8 Å². The number of carboxylic acid groups (broad SMARTS) is 1. The summed E-state index contributed by atoms with van der Waals surface area (Å²) < 4.78 is 19.9. The number of aliphatic carboxylic acids is 1. The molecule has 0 aromatic heterocycles. The monoisotopic (exact) mass is 316 g/mol. The number of ether oxygens (including phenoxy) is 1. The zero-order chi connectivity index (χ0) is 13.3. The highest BCUT2D eigenvalue weighted by atomic mass is 79.9. The van der Waals surface area contributed by atoms with Crippen molar-refractivity contribution >= 4 is 21.9 Å². The molecule has 1 saturated carbocycles. The van der Waals surface area contributed by atoms with Crippen molar-refractivity contribution in [1.82, 2.24) is 0 Å². The molecule has 0 atom stereocenters. The molecule has 5 heteroatoms. The van der Waals surface area contributed by atoms with Gasteiger partial charge in [0.15, 0.2) is 11.6 Å². The van der Waals surface area contributed by atoms with Crippen LogP contribution in [0, 0.1) is 5.82 Å². The number of carbonyl (C=O) groups is 1. The van der Waals surface area contributed by atoms with Crippen molar-refractivity contribution in [2.45, 2.75) is 31.1 Å². The third-order valence-electron chi connectivity index (χ3n) is 3.61. The Bertz CT molecular complexity index is 481. The molecule has 1 aromatic rings. The van der Waals surface area contributed by atoms with E-state index in [1.807, 2.05) is 0 Å². The molecule has 1 aliphatic rings. The van der Waals surface area contributed by atoms with E-state index in [4.69, 9.17) is 4.74 Å². The SMILES string of the molecule is COc1cc(Br)cc(C2(C(=O)O)CCCC2)c1F. The minimum Gasteiger partial charge on any atom is -0.494 e. The predicted octanol–water partition coefficient (Wildman–Crippen LogP) is 3.49. The Balaban J connectivity index is 2.61. The minimum atomic E-state index is -1.11. The second-order valence-electron chi connectivity index (χ2n) is 4.56. The standard InChI is InChI=1S/C13H14BrFO3/c1-18-10-7-8(14)6-9(11(10)15)13(12(16)17)4-2-3-5-13/h6-7H,2-5H2,1H3,(H,16,17). The molecular weight excluding hydrogens is 303 g/mol. The van der Waals surface area contributed by atoms with E-state index in [9.17, 15) is 14.3 Å². The Morgan fingerprint density at radius 2 is 2.06 bits per heavy atom. The summed E-state index contributed by atoms with van der Waals surface area (Å²) in [6, 6.07) is 3.06. The van der Waals surface area contributed by atoms with Gasteiger partial charge in [0.05, 0.1) is 12.5 Å². The van der Waals surface area contributed by atoms with Crippen molar-refractivity contribution in [3.05, 3.63) is 28.0 Å². The summed E-state index contributed by atoms with van der Waals surface area (Å²) in [6.07, 6.45) is 2.55. The molecule has 1 aliphatic carbocycles. The van der Waals surface area contributed by atoms with Gasteiger partial charge in [-0.05, 0) is 25.0 Å². The van der Waals surface area contributed by atoms with Crippen LogP contribution < -0.4 is 4.74 Å². The summed E-state index contributed by atoms with van der Waals surface area (Å²) >= 11 is 3.27. The third kappa shape index (κ3) is 2.00. The summed E-state index contributed by atoms with van der Waals surface area (Å²) in [4.78, 5) is 11.6. The average Bonchev–Trinajstić information content (AvgIpc) is 2.82. The Kier molecular flexibility index (Phi) is 3.61. The molecule has 0 spiro atoms. The topological polar surface area (TPSA) is 46.5 Å². The van der Waals surface area contributed by atoms with E-state index in [0.29, 0.717) is 17.3 Å². The maximum Gasteiger partial charge on any atom is 0.314 e. The summed E-state index contributed by atoms with van der Waals surface area (Å²) in [5.41, 5.74) is -0.889.